The maximum absolute atomic E-state index is 12.8. The summed E-state index contributed by atoms with van der Waals surface area (Å²) >= 11 is 0. The lowest BCUT2D eigenvalue weighted by Gasteiger charge is -2.36. The van der Waals surface area contributed by atoms with Crippen LogP contribution in [0, 0.1) is 0 Å². The lowest BCUT2D eigenvalue weighted by atomic mass is 10.1. The first-order valence-electron chi connectivity index (χ1n) is 8.42. The zero-order valence-electron chi connectivity index (χ0n) is 14.2. The van der Waals surface area contributed by atoms with Crippen LogP contribution in [0.3, 0.4) is 0 Å². The highest BCUT2D eigenvalue weighted by atomic mass is 19.4. The van der Waals surface area contributed by atoms with E-state index in [0.29, 0.717) is 38.4 Å². The van der Waals surface area contributed by atoms with Gasteiger partial charge >= 0.3 is 12.2 Å². The van der Waals surface area contributed by atoms with Crippen LogP contribution >= 0.6 is 0 Å². The van der Waals surface area contributed by atoms with E-state index in [4.69, 9.17) is 0 Å². The highest BCUT2D eigenvalue weighted by molar-refractivity contribution is 5.74. The monoisotopic (exact) mass is 363 g/mol. The van der Waals surface area contributed by atoms with Gasteiger partial charge in [0.1, 0.15) is 0 Å². The molecule has 2 aromatic carbocycles. The van der Waals surface area contributed by atoms with Crippen LogP contribution in [0.4, 0.5) is 23.7 Å². The number of piperazine rings is 1. The summed E-state index contributed by atoms with van der Waals surface area (Å²) in [5.41, 5.74) is 0.894. The minimum Gasteiger partial charge on any atom is -0.368 e. The SMILES string of the molecule is O=C(NCc1ccccc1)N1CCN(c2cccc(C(F)(F)F)c2)CC1. The fourth-order valence-corrected chi connectivity index (χ4v) is 2.93. The van der Waals surface area contributed by atoms with Crippen molar-refractivity contribution in [3.05, 3.63) is 65.7 Å². The molecule has 3 rings (SSSR count). The highest BCUT2D eigenvalue weighted by Crippen LogP contribution is 2.31. The number of carbonyl (C=O) groups is 1. The lowest BCUT2D eigenvalue weighted by Crippen LogP contribution is -2.51. The van der Waals surface area contributed by atoms with Gasteiger partial charge in [0, 0.05) is 38.4 Å². The van der Waals surface area contributed by atoms with Gasteiger partial charge in [-0.3, -0.25) is 0 Å². The number of anilines is 1. The maximum atomic E-state index is 12.8. The Balaban J connectivity index is 1.53. The molecular formula is C19H20F3N3O. The van der Waals surface area contributed by atoms with Crippen molar-refractivity contribution in [1.82, 2.24) is 10.2 Å². The van der Waals surface area contributed by atoms with E-state index in [2.05, 4.69) is 5.32 Å². The average molecular weight is 363 g/mol. The minimum absolute atomic E-state index is 0.155. The fourth-order valence-electron chi connectivity index (χ4n) is 2.93. The lowest BCUT2D eigenvalue weighted by molar-refractivity contribution is -0.137. The molecule has 2 aromatic rings. The van der Waals surface area contributed by atoms with Crippen LogP contribution in [-0.4, -0.2) is 37.1 Å². The number of hydrogen-bond acceptors (Lipinski definition) is 2. The number of rotatable bonds is 3. The quantitative estimate of drug-likeness (QED) is 0.902. The van der Waals surface area contributed by atoms with Crippen LogP contribution in [0.25, 0.3) is 0 Å². The molecule has 0 radical (unpaired) electrons. The Kier molecular flexibility index (Phi) is 5.35. The molecule has 26 heavy (non-hydrogen) atoms. The molecule has 7 heteroatoms. The molecule has 1 saturated heterocycles. The Morgan fingerprint density at radius 3 is 2.31 bits per heavy atom. The third-order valence-electron chi connectivity index (χ3n) is 4.39. The molecule has 2 amide bonds. The van der Waals surface area contributed by atoms with E-state index in [1.54, 1.807) is 11.0 Å². The first-order chi connectivity index (χ1) is 12.4. The predicted molar refractivity (Wildman–Crippen MR) is 93.9 cm³/mol. The van der Waals surface area contributed by atoms with Gasteiger partial charge in [0.25, 0.3) is 0 Å². The summed E-state index contributed by atoms with van der Waals surface area (Å²) in [7, 11) is 0. The van der Waals surface area contributed by atoms with Crippen molar-refractivity contribution in [3.8, 4) is 0 Å². The van der Waals surface area contributed by atoms with Crippen molar-refractivity contribution in [2.75, 3.05) is 31.1 Å². The molecule has 1 N–H and O–H groups in total. The van der Waals surface area contributed by atoms with E-state index < -0.39 is 11.7 Å². The predicted octanol–water partition coefficient (Wildman–Crippen LogP) is 3.74. The molecular weight excluding hydrogens is 343 g/mol. The van der Waals surface area contributed by atoms with E-state index in [-0.39, 0.29) is 6.03 Å². The first kappa shape index (κ1) is 18.1. The highest BCUT2D eigenvalue weighted by Gasteiger charge is 2.31. The van der Waals surface area contributed by atoms with Gasteiger partial charge in [0.2, 0.25) is 0 Å². The Morgan fingerprint density at radius 1 is 0.962 bits per heavy atom. The minimum atomic E-state index is -4.35. The van der Waals surface area contributed by atoms with Crippen LogP contribution in [-0.2, 0) is 12.7 Å². The summed E-state index contributed by atoms with van der Waals surface area (Å²) in [6, 6.07) is 14.8. The van der Waals surface area contributed by atoms with Crippen molar-refractivity contribution in [1.29, 1.82) is 0 Å². The molecule has 0 spiro atoms. The molecule has 0 saturated carbocycles. The number of urea groups is 1. The van der Waals surface area contributed by atoms with Gasteiger partial charge in [-0.05, 0) is 23.8 Å². The van der Waals surface area contributed by atoms with Gasteiger partial charge in [-0.2, -0.15) is 13.2 Å². The molecule has 1 aliphatic heterocycles. The smallest absolute Gasteiger partial charge is 0.368 e. The Bertz CT molecular complexity index is 741. The molecule has 0 atom stereocenters. The summed E-state index contributed by atoms with van der Waals surface area (Å²) in [6.45, 7) is 2.39. The van der Waals surface area contributed by atoms with Crippen molar-refractivity contribution in [3.63, 3.8) is 0 Å². The molecule has 1 heterocycles. The summed E-state index contributed by atoms with van der Waals surface area (Å²) in [5, 5.41) is 2.87. The van der Waals surface area contributed by atoms with Crippen LogP contribution < -0.4 is 10.2 Å². The second kappa shape index (κ2) is 7.68. The van der Waals surface area contributed by atoms with Crippen molar-refractivity contribution in [2.45, 2.75) is 12.7 Å². The molecule has 0 bridgehead atoms. The zero-order chi connectivity index (χ0) is 18.6. The van der Waals surface area contributed by atoms with Gasteiger partial charge in [-0.15, -0.1) is 0 Å². The average Bonchev–Trinajstić information content (AvgIpc) is 2.66. The Hall–Kier alpha value is -2.70. The number of halogens is 3. The number of amides is 2. The molecule has 1 fully saturated rings. The van der Waals surface area contributed by atoms with Gasteiger partial charge in [0.05, 0.1) is 5.56 Å². The normalized spacial score (nSPS) is 15.0. The first-order valence-corrected chi connectivity index (χ1v) is 8.42. The van der Waals surface area contributed by atoms with Gasteiger partial charge < -0.3 is 15.1 Å². The largest absolute Gasteiger partial charge is 0.416 e. The second-order valence-corrected chi connectivity index (χ2v) is 6.17. The molecule has 4 nitrogen and oxygen atoms in total. The standard InChI is InChI=1S/C19H20F3N3O/c20-19(21,22)16-7-4-8-17(13-16)24-9-11-25(12-10-24)18(26)23-14-15-5-2-1-3-6-15/h1-8,13H,9-12,14H2,(H,23,26). The summed E-state index contributed by atoms with van der Waals surface area (Å²) in [4.78, 5) is 15.8. The van der Waals surface area contributed by atoms with E-state index in [0.717, 1.165) is 17.7 Å². The Labute approximate surface area is 150 Å². The number of nitrogens with one attached hydrogen (secondary N) is 1. The maximum Gasteiger partial charge on any atom is 0.416 e. The second-order valence-electron chi connectivity index (χ2n) is 6.17. The molecule has 0 aromatic heterocycles. The van der Waals surface area contributed by atoms with Gasteiger partial charge in [-0.25, -0.2) is 4.79 Å². The molecule has 138 valence electrons. The van der Waals surface area contributed by atoms with Crippen LogP contribution in [0.2, 0.25) is 0 Å². The Morgan fingerprint density at radius 2 is 1.65 bits per heavy atom. The summed E-state index contributed by atoms with van der Waals surface area (Å²) in [6.07, 6.45) is -4.35. The van der Waals surface area contributed by atoms with E-state index >= 15 is 0 Å². The number of nitrogens with zero attached hydrogens (tertiary/aromatic N) is 2. The van der Waals surface area contributed by atoms with Gasteiger partial charge in [-0.1, -0.05) is 36.4 Å². The van der Waals surface area contributed by atoms with E-state index in [1.165, 1.54) is 6.07 Å². The number of alkyl halides is 3. The van der Waals surface area contributed by atoms with Crippen LogP contribution in [0.5, 0.6) is 0 Å². The number of carbonyl (C=O) groups excluding carboxylic acids is 1. The van der Waals surface area contributed by atoms with Crippen molar-refractivity contribution in [2.24, 2.45) is 0 Å². The van der Waals surface area contributed by atoms with E-state index in [9.17, 15) is 18.0 Å². The molecule has 1 aliphatic rings. The topological polar surface area (TPSA) is 35.6 Å². The number of benzene rings is 2. The third-order valence-corrected chi connectivity index (χ3v) is 4.39. The van der Waals surface area contributed by atoms with E-state index in [1.807, 2.05) is 35.2 Å². The third kappa shape index (κ3) is 4.47. The van der Waals surface area contributed by atoms with Gasteiger partial charge in [0.15, 0.2) is 0 Å². The summed E-state index contributed by atoms with van der Waals surface area (Å²) < 4.78 is 38.5. The van der Waals surface area contributed by atoms with Crippen molar-refractivity contribution >= 4 is 11.7 Å². The van der Waals surface area contributed by atoms with Crippen molar-refractivity contribution < 1.29 is 18.0 Å². The van der Waals surface area contributed by atoms with Crippen LogP contribution in [0.15, 0.2) is 54.6 Å². The fraction of sp³-hybridized carbons (Fsp3) is 0.316. The number of hydrogen-bond donors (Lipinski definition) is 1. The summed E-state index contributed by atoms with van der Waals surface area (Å²) in [5.74, 6) is 0. The zero-order valence-corrected chi connectivity index (χ0v) is 14.2. The molecule has 0 unspecified atom stereocenters. The molecule has 0 aliphatic carbocycles. The van der Waals surface area contributed by atoms with Crippen LogP contribution in [0.1, 0.15) is 11.1 Å².